The first-order valence-corrected chi connectivity index (χ1v) is 12.1. The van der Waals surface area contributed by atoms with Gasteiger partial charge in [-0.25, -0.2) is 9.59 Å². The normalized spacial score (nSPS) is 11.9. The van der Waals surface area contributed by atoms with Crippen molar-refractivity contribution in [1.29, 1.82) is 0 Å². The Morgan fingerprint density at radius 3 is 1.63 bits per heavy atom. The molecule has 0 saturated carbocycles. The van der Waals surface area contributed by atoms with Crippen LogP contribution in [0.25, 0.3) is 0 Å². The molecule has 4 heteroatoms. The van der Waals surface area contributed by atoms with Crippen molar-refractivity contribution < 1.29 is 19.4 Å². The van der Waals surface area contributed by atoms with E-state index in [-0.39, 0.29) is 17.6 Å². The summed E-state index contributed by atoms with van der Waals surface area (Å²) in [4.78, 5) is 23.4. The molecule has 1 aromatic rings. The van der Waals surface area contributed by atoms with Gasteiger partial charge >= 0.3 is 11.9 Å². The fourth-order valence-electron chi connectivity index (χ4n) is 3.70. The van der Waals surface area contributed by atoms with Crippen LogP contribution in [0.1, 0.15) is 131 Å². The lowest BCUT2D eigenvalue weighted by Crippen LogP contribution is -2.18. The van der Waals surface area contributed by atoms with Crippen molar-refractivity contribution in [2.45, 2.75) is 116 Å². The van der Waals surface area contributed by atoms with Gasteiger partial charge in [0.2, 0.25) is 0 Å². The van der Waals surface area contributed by atoms with Gasteiger partial charge in [-0.3, -0.25) is 0 Å². The van der Waals surface area contributed by atoms with Crippen LogP contribution < -0.4 is 0 Å². The highest BCUT2D eigenvalue weighted by molar-refractivity contribution is 5.92. The number of unbranched alkanes of at least 4 members (excludes halogenated alkanes) is 11. The molecule has 0 aliphatic carbocycles. The second-order valence-electron chi connectivity index (χ2n) is 8.38. The Hall–Kier alpha value is -1.84. The molecule has 0 radical (unpaired) electrons. The van der Waals surface area contributed by atoms with E-state index in [0.29, 0.717) is 5.56 Å². The number of hydrogen-bond donors (Lipinski definition) is 1. The Balaban J connectivity index is 2.26. The molecule has 1 rings (SSSR count). The third kappa shape index (κ3) is 12.0. The molecule has 0 fully saturated rings. The molecule has 1 aromatic carbocycles. The Morgan fingerprint density at radius 1 is 0.700 bits per heavy atom. The minimum atomic E-state index is -0.993. The number of carbonyl (C=O) groups excluding carboxylic acids is 1. The second kappa shape index (κ2) is 16.9. The van der Waals surface area contributed by atoms with Gasteiger partial charge in [0.25, 0.3) is 0 Å². The van der Waals surface area contributed by atoms with Crippen molar-refractivity contribution in [2.24, 2.45) is 0 Å². The summed E-state index contributed by atoms with van der Waals surface area (Å²) in [6.07, 6.45) is 18.3. The first kappa shape index (κ1) is 26.2. The number of carbonyl (C=O) groups is 2. The molecule has 0 saturated heterocycles. The van der Waals surface area contributed by atoms with Crippen molar-refractivity contribution in [3.8, 4) is 0 Å². The van der Waals surface area contributed by atoms with Gasteiger partial charge in [0.15, 0.2) is 0 Å². The SMILES string of the molecule is CCCCCCCCCCCCCC(CCCC)OC(=O)c1ccc(C(=O)O)cc1. The second-order valence-corrected chi connectivity index (χ2v) is 8.38. The van der Waals surface area contributed by atoms with Crippen LogP contribution in [0.2, 0.25) is 0 Å². The molecule has 0 spiro atoms. The topological polar surface area (TPSA) is 63.6 Å². The summed E-state index contributed by atoms with van der Waals surface area (Å²) in [6, 6.07) is 5.96. The Bertz CT molecular complexity index is 579. The average molecular weight is 419 g/mol. The Morgan fingerprint density at radius 2 is 1.13 bits per heavy atom. The number of benzene rings is 1. The Kier molecular flexibility index (Phi) is 14.8. The maximum atomic E-state index is 12.4. The lowest BCUT2D eigenvalue weighted by molar-refractivity contribution is 0.0249. The van der Waals surface area contributed by atoms with Crippen LogP contribution in [-0.4, -0.2) is 23.1 Å². The number of esters is 1. The van der Waals surface area contributed by atoms with E-state index in [2.05, 4.69) is 13.8 Å². The maximum Gasteiger partial charge on any atom is 0.338 e. The molecule has 1 N–H and O–H groups in total. The van der Waals surface area contributed by atoms with E-state index < -0.39 is 5.97 Å². The van der Waals surface area contributed by atoms with Gasteiger partial charge in [0, 0.05) is 0 Å². The molecule has 0 heterocycles. The molecule has 0 aliphatic rings. The van der Waals surface area contributed by atoms with E-state index in [1.54, 1.807) is 0 Å². The highest BCUT2D eigenvalue weighted by atomic mass is 16.5. The molecule has 30 heavy (non-hydrogen) atoms. The van der Waals surface area contributed by atoms with Crippen molar-refractivity contribution in [1.82, 2.24) is 0 Å². The van der Waals surface area contributed by atoms with Gasteiger partial charge in [-0.05, 0) is 43.5 Å². The van der Waals surface area contributed by atoms with Gasteiger partial charge in [0.1, 0.15) is 6.10 Å². The van der Waals surface area contributed by atoms with Gasteiger partial charge in [-0.1, -0.05) is 90.9 Å². The molecule has 1 unspecified atom stereocenters. The standard InChI is InChI=1S/C26H42O4/c1-3-5-7-8-9-10-11-12-13-14-15-17-24(16-6-4-2)30-26(29)23-20-18-22(19-21-23)25(27)28/h18-21,24H,3-17H2,1-2H3,(H,27,28). The summed E-state index contributed by atoms with van der Waals surface area (Å²) in [5.74, 6) is -1.34. The summed E-state index contributed by atoms with van der Waals surface area (Å²) in [5, 5.41) is 8.97. The lowest BCUT2D eigenvalue weighted by atomic mass is 10.0. The number of carboxylic acids is 1. The zero-order valence-corrected chi connectivity index (χ0v) is 19.2. The van der Waals surface area contributed by atoms with Gasteiger partial charge < -0.3 is 9.84 Å². The van der Waals surface area contributed by atoms with Crippen molar-refractivity contribution in [3.05, 3.63) is 35.4 Å². The van der Waals surface area contributed by atoms with Crippen molar-refractivity contribution in [3.63, 3.8) is 0 Å². The monoisotopic (exact) mass is 418 g/mol. The largest absolute Gasteiger partial charge is 0.478 e. The van der Waals surface area contributed by atoms with Crippen LogP contribution in [0.4, 0.5) is 0 Å². The van der Waals surface area contributed by atoms with Crippen LogP contribution in [0, 0.1) is 0 Å². The summed E-state index contributed by atoms with van der Waals surface area (Å²) < 4.78 is 5.74. The maximum absolute atomic E-state index is 12.4. The van der Waals surface area contributed by atoms with Gasteiger partial charge in [-0.15, -0.1) is 0 Å². The molecule has 170 valence electrons. The smallest absolute Gasteiger partial charge is 0.338 e. The third-order valence-corrected chi connectivity index (χ3v) is 5.65. The summed E-state index contributed by atoms with van der Waals surface area (Å²) in [5.41, 5.74) is 0.593. The first-order valence-electron chi connectivity index (χ1n) is 12.1. The number of rotatable bonds is 18. The third-order valence-electron chi connectivity index (χ3n) is 5.65. The fourth-order valence-corrected chi connectivity index (χ4v) is 3.70. The van der Waals surface area contributed by atoms with E-state index in [4.69, 9.17) is 9.84 Å². The molecule has 1 atom stereocenters. The summed E-state index contributed by atoms with van der Waals surface area (Å²) in [6.45, 7) is 4.40. The van der Waals surface area contributed by atoms with E-state index in [1.807, 2.05) is 0 Å². The first-order chi connectivity index (χ1) is 14.6. The zero-order chi connectivity index (χ0) is 22.0. The number of hydrogen-bond acceptors (Lipinski definition) is 3. The minimum Gasteiger partial charge on any atom is -0.478 e. The van der Waals surface area contributed by atoms with E-state index in [9.17, 15) is 9.59 Å². The lowest BCUT2D eigenvalue weighted by Gasteiger charge is -2.18. The van der Waals surface area contributed by atoms with E-state index in [0.717, 1.165) is 32.1 Å². The predicted molar refractivity (Wildman–Crippen MR) is 123 cm³/mol. The highest BCUT2D eigenvalue weighted by Crippen LogP contribution is 2.18. The number of carboxylic acid groups (broad SMARTS) is 1. The quantitative estimate of drug-likeness (QED) is 0.195. The van der Waals surface area contributed by atoms with Gasteiger partial charge in [0.05, 0.1) is 11.1 Å². The molecular formula is C26H42O4. The van der Waals surface area contributed by atoms with E-state index in [1.165, 1.54) is 88.5 Å². The van der Waals surface area contributed by atoms with E-state index >= 15 is 0 Å². The minimum absolute atomic E-state index is 0.0461. The molecular weight excluding hydrogens is 376 g/mol. The van der Waals surface area contributed by atoms with Crippen LogP contribution >= 0.6 is 0 Å². The number of aromatic carboxylic acids is 1. The van der Waals surface area contributed by atoms with Crippen molar-refractivity contribution in [2.75, 3.05) is 0 Å². The zero-order valence-electron chi connectivity index (χ0n) is 19.2. The Labute approximate surface area is 183 Å². The van der Waals surface area contributed by atoms with Crippen LogP contribution in [0.3, 0.4) is 0 Å². The predicted octanol–water partition coefficient (Wildman–Crippen LogP) is 7.80. The van der Waals surface area contributed by atoms with Crippen molar-refractivity contribution >= 4 is 11.9 Å². The molecule has 0 aliphatic heterocycles. The average Bonchev–Trinajstić information content (AvgIpc) is 2.75. The molecule has 4 nitrogen and oxygen atoms in total. The molecule has 0 aromatic heterocycles. The summed E-state index contributed by atoms with van der Waals surface area (Å²) >= 11 is 0. The number of ether oxygens (including phenoxy) is 1. The van der Waals surface area contributed by atoms with Crippen LogP contribution in [0.15, 0.2) is 24.3 Å². The van der Waals surface area contributed by atoms with Crippen LogP contribution in [0.5, 0.6) is 0 Å². The summed E-state index contributed by atoms with van der Waals surface area (Å²) in [7, 11) is 0. The van der Waals surface area contributed by atoms with Crippen LogP contribution in [-0.2, 0) is 4.74 Å². The van der Waals surface area contributed by atoms with Gasteiger partial charge in [-0.2, -0.15) is 0 Å². The highest BCUT2D eigenvalue weighted by Gasteiger charge is 2.16. The molecule has 0 amide bonds. The molecule has 0 bridgehead atoms. The fraction of sp³-hybridized carbons (Fsp3) is 0.692.